The van der Waals surface area contributed by atoms with E-state index in [0.717, 1.165) is 63.6 Å². The number of nitrogens with zero attached hydrogens (tertiary/aromatic N) is 4. The molecular formula is C21H27N5O. The molecule has 0 unspecified atom stereocenters. The van der Waals surface area contributed by atoms with Crippen LogP contribution >= 0.6 is 0 Å². The van der Waals surface area contributed by atoms with Gasteiger partial charge in [0.2, 0.25) is 0 Å². The van der Waals surface area contributed by atoms with E-state index in [2.05, 4.69) is 44.2 Å². The monoisotopic (exact) mass is 365 g/mol. The topological polar surface area (TPSA) is 51.7 Å². The number of piperazine rings is 1. The molecule has 27 heavy (non-hydrogen) atoms. The van der Waals surface area contributed by atoms with Gasteiger partial charge in [-0.2, -0.15) is 0 Å². The molecule has 3 heterocycles. The maximum absolute atomic E-state index is 12.8. The van der Waals surface area contributed by atoms with Crippen LogP contribution in [-0.2, 0) is 0 Å². The van der Waals surface area contributed by atoms with Crippen LogP contribution in [0, 0.1) is 0 Å². The lowest BCUT2D eigenvalue weighted by Crippen LogP contribution is -2.44. The molecule has 1 amide bonds. The molecule has 6 heteroatoms. The van der Waals surface area contributed by atoms with Gasteiger partial charge in [0.05, 0.1) is 5.56 Å². The van der Waals surface area contributed by atoms with Crippen molar-refractivity contribution in [1.82, 2.24) is 9.88 Å². The number of benzene rings is 1. The Morgan fingerprint density at radius 2 is 1.63 bits per heavy atom. The molecule has 1 aromatic heterocycles. The predicted molar refractivity (Wildman–Crippen MR) is 110 cm³/mol. The van der Waals surface area contributed by atoms with Crippen LogP contribution in [0.4, 0.5) is 17.2 Å². The Balaban J connectivity index is 1.44. The van der Waals surface area contributed by atoms with E-state index < -0.39 is 0 Å². The molecule has 0 spiro atoms. The van der Waals surface area contributed by atoms with E-state index in [-0.39, 0.29) is 5.91 Å². The van der Waals surface area contributed by atoms with E-state index in [0.29, 0.717) is 5.56 Å². The number of aromatic nitrogens is 1. The molecule has 1 aromatic carbocycles. The van der Waals surface area contributed by atoms with Crippen LogP contribution in [0.5, 0.6) is 0 Å². The number of carbonyl (C=O) groups is 1. The summed E-state index contributed by atoms with van der Waals surface area (Å²) < 4.78 is 0. The molecule has 0 aliphatic carbocycles. The van der Waals surface area contributed by atoms with Crippen molar-refractivity contribution < 1.29 is 4.79 Å². The molecular weight excluding hydrogens is 338 g/mol. The number of hydrogen-bond acceptors (Lipinski definition) is 5. The fourth-order valence-electron chi connectivity index (χ4n) is 3.77. The van der Waals surface area contributed by atoms with E-state index in [9.17, 15) is 4.79 Å². The van der Waals surface area contributed by atoms with Crippen LogP contribution in [0.2, 0.25) is 0 Å². The van der Waals surface area contributed by atoms with Crippen LogP contribution in [-0.4, -0.2) is 62.1 Å². The predicted octanol–water partition coefficient (Wildman–Crippen LogP) is 2.69. The van der Waals surface area contributed by atoms with Gasteiger partial charge >= 0.3 is 0 Å². The Bertz CT molecular complexity index is 777. The van der Waals surface area contributed by atoms with Gasteiger partial charge in [-0.3, -0.25) is 4.79 Å². The number of likely N-dealkylation sites (N-methyl/N-ethyl adjacent to an activating group) is 1. The first-order valence-corrected chi connectivity index (χ1v) is 9.75. The number of amides is 1. The minimum atomic E-state index is -0.0997. The largest absolute Gasteiger partial charge is 0.369 e. The Morgan fingerprint density at radius 3 is 2.33 bits per heavy atom. The highest BCUT2D eigenvalue weighted by Gasteiger charge is 2.21. The van der Waals surface area contributed by atoms with Crippen molar-refractivity contribution in [2.75, 3.05) is 61.4 Å². The molecule has 1 N–H and O–H groups in total. The molecule has 0 saturated carbocycles. The summed E-state index contributed by atoms with van der Waals surface area (Å²) in [5.41, 5.74) is 2.66. The zero-order valence-corrected chi connectivity index (χ0v) is 15.9. The first-order chi connectivity index (χ1) is 13.2. The highest BCUT2D eigenvalue weighted by Crippen LogP contribution is 2.24. The lowest BCUT2D eigenvalue weighted by atomic mass is 10.2. The minimum Gasteiger partial charge on any atom is -0.369 e. The van der Waals surface area contributed by atoms with Crippen LogP contribution in [0.15, 0.2) is 42.6 Å². The average molecular weight is 365 g/mol. The molecule has 2 aliphatic heterocycles. The average Bonchev–Trinajstić information content (AvgIpc) is 3.24. The summed E-state index contributed by atoms with van der Waals surface area (Å²) >= 11 is 0. The standard InChI is InChI=1S/C21H27N5O/c1-24-13-15-25(16-14-24)18-8-6-17(7-9-18)23-21(27)19-5-4-10-22-20(19)26-11-2-3-12-26/h4-10H,2-3,11-16H2,1H3,(H,23,27). The number of rotatable bonds is 4. The number of nitrogens with one attached hydrogen (secondary N) is 1. The Morgan fingerprint density at radius 1 is 0.926 bits per heavy atom. The van der Waals surface area contributed by atoms with Crippen LogP contribution in [0.3, 0.4) is 0 Å². The van der Waals surface area contributed by atoms with Crippen LogP contribution in [0.25, 0.3) is 0 Å². The van der Waals surface area contributed by atoms with Gasteiger partial charge in [0, 0.05) is 56.8 Å². The van der Waals surface area contributed by atoms with E-state index >= 15 is 0 Å². The maximum atomic E-state index is 12.8. The van der Waals surface area contributed by atoms with E-state index in [1.807, 2.05) is 24.3 Å². The second-order valence-electron chi connectivity index (χ2n) is 7.36. The second-order valence-corrected chi connectivity index (χ2v) is 7.36. The van der Waals surface area contributed by atoms with Gasteiger partial charge in [0.15, 0.2) is 0 Å². The van der Waals surface area contributed by atoms with Crippen LogP contribution < -0.4 is 15.1 Å². The summed E-state index contributed by atoms with van der Waals surface area (Å²) in [5, 5.41) is 3.03. The summed E-state index contributed by atoms with van der Waals surface area (Å²) in [4.78, 5) is 24.2. The lowest BCUT2D eigenvalue weighted by molar-refractivity contribution is 0.102. The summed E-state index contributed by atoms with van der Waals surface area (Å²) in [5.74, 6) is 0.693. The first-order valence-electron chi connectivity index (χ1n) is 9.75. The number of hydrogen-bond donors (Lipinski definition) is 1. The second kappa shape index (κ2) is 7.96. The molecule has 2 aromatic rings. The normalized spacial score (nSPS) is 18.0. The Kier molecular flexibility index (Phi) is 5.25. The highest BCUT2D eigenvalue weighted by molar-refractivity contribution is 6.07. The Labute approximate surface area is 160 Å². The third-order valence-electron chi connectivity index (χ3n) is 5.43. The third-order valence-corrected chi connectivity index (χ3v) is 5.43. The molecule has 4 rings (SSSR count). The van der Waals surface area contributed by atoms with Crippen molar-refractivity contribution in [2.45, 2.75) is 12.8 Å². The number of pyridine rings is 1. The zero-order valence-electron chi connectivity index (χ0n) is 15.9. The third kappa shape index (κ3) is 4.06. The molecule has 2 saturated heterocycles. The summed E-state index contributed by atoms with van der Waals surface area (Å²) in [7, 11) is 2.16. The van der Waals surface area contributed by atoms with Crippen molar-refractivity contribution in [2.24, 2.45) is 0 Å². The van der Waals surface area contributed by atoms with Crippen molar-refractivity contribution in [3.05, 3.63) is 48.2 Å². The van der Waals surface area contributed by atoms with Crippen molar-refractivity contribution in [1.29, 1.82) is 0 Å². The van der Waals surface area contributed by atoms with Gasteiger partial charge in [0.25, 0.3) is 5.91 Å². The summed E-state index contributed by atoms with van der Waals surface area (Å²) in [6.07, 6.45) is 4.08. The van der Waals surface area contributed by atoms with Crippen molar-refractivity contribution in [3.8, 4) is 0 Å². The van der Waals surface area contributed by atoms with Gasteiger partial charge in [-0.15, -0.1) is 0 Å². The van der Waals surface area contributed by atoms with Gasteiger partial charge in [-0.25, -0.2) is 4.98 Å². The minimum absolute atomic E-state index is 0.0997. The number of carbonyl (C=O) groups excluding carboxylic acids is 1. The SMILES string of the molecule is CN1CCN(c2ccc(NC(=O)c3cccnc3N3CCCC3)cc2)CC1. The van der Waals surface area contributed by atoms with Gasteiger partial charge in [-0.1, -0.05) is 0 Å². The lowest BCUT2D eigenvalue weighted by Gasteiger charge is -2.34. The van der Waals surface area contributed by atoms with E-state index in [1.165, 1.54) is 5.69 Å². The van der Waals surface area contributed by atoms with Crippen molar-refractivity contribution in [3.63, 3.8) is 0 Å². The molecule has 6 nitrogen and oxygen atoms in total. The maximum Gasteiger partial charge on any atom is 0.259 e. The van der Waals surface area contributed by atoms with Gasteiger partial charge in [0.1, 0.15) is 5.82 Å². The fourth-order valence-corrected chi connectivity index (χ4v) is 3.77. The molecule has 0 bridgehead atoms. The van der Waals surface area contributed by atoms with E-state index in [1.54, 1.807) is 6.20 Å². The smallest absolute Gasteiger partial charge is 0.259 e. The molecule has 0 atom stereocenters. The van der Waals surface area contributed by atoms with E-state index in [4.69, 9.17) is 0 Å². The van der Waals surface area contributed by atoms with Crippen LogP contribution in [0.1, 0.15) is 23.2 Å². The molecule has 142 valence electrons. The first kappa shape index (κ1) is 17.8. The fraction of sp³-hybridized carbons (Fsp3) is 0.429. The molecule has 0 radical (unpaired) electrons. The molecule has 2 fully saturated rings. The summed E-state index contributed by atoms with van der Waals surface area (Å²) in [6, 6.07) is 11.8. The number of anilines is 3. The van der Waals surface area contributed by atoms with Gasteiger partial charge < -0.3 is 20.0 Å². The highest BCUT2D eigenvalue weighted by atomic mass is 16.1. The Hall–Kier alpha value is -2.60. The van der Waals surface area contributed by atoms with Crippen molar-refractivity contribution >= 4 is 23.1 Å². The molecule has 2 aliphatic rings. The van der Waals surface area contributed by atoms with Gasteiger partial charge in [-0.05, 0) is 56.3 Å². The zero-order chi connectivity index (χ0) is 18.6. The summed E-state index contributed by atoms with van der Waals surface area (Å²) in [6.45, 7) is 6.18. The quantitative estimate of drug-likeness (QED) is 0.903.